The highest BCUT2D eigenvalue weighted by molar-refractivity contribution is 7.92. The average molecular weight is 574 g/mol. The summed E-state index contributed by atoms with van der Waals surface area (Å²) in [6, 6.07) is 13.7. The van der Waals surface area contributed by atoms with Gasteiger partial charge in [0.25, 0.3) is 10.0 Å². The fourth-order valence-electron chi connectivity index (χ4n) is 7.49. The lowest BCUT2D eigenvalue weighted by Gasteiger charge is -2.46. The highest BCUT2D eigenvalue weighted by atomic mass is 32.2. The molecule has 2 aliphatic carbocycles. The Morgan fingerprint density at radius 2 is 1.71 bits per heavy atom. The number of fused-ring (bicyclic) bond motifs is 4. The molecule has 2 atom stereocenters. The molecule has 2 unspecified atom stereocenters. The molecule has 2 saturated carbocycles. The number of nitrogens with one attached hydrogen (secondary N) is 1. The monoisotopic (exact) mass is 573 g/mol. The zero-order valence-electron chi connectivity index (χ0n) is 25.3. The summed E-state index contributed by atoms with van der Waals surface area (Å²) in [6.07, 6.45) is 6.76. The number of hydrogen-bond acceptors (Lipinski definition) is 5. The third-order valence-corrected chi connectivity index (χ3v) is 10.8. The molecular weight excluding hydrogens is 530 g/mol. The molecule has 0 saturated heterocycles. The Labute approximate surface area is 245 Å². The molecule has 218 valence electrons. The van der Waals surface area contributed by atoms with Crippen LogP contribution in [0.1, 0.15) is 88.0 Å². The number of aryl methyl sites for hydroxylation is 2. The maximum Gasteiger partial charge on any atom is 0.264 e. The van der Waals surface area contributed by atoms with Crippen molar-refractivity contribution in [1.82, 2.24) is 9.97 Å². The van der Waals surface area contributed by atoms with Crippen LogP contribution in [-0.4, -0.2) is 25.0 Å². The maximum absolute atomic E-state index is 13.8. The van der Waals surface area contributed by atoms with Crippen LogP contribution in [0.2, 0.25) is 0 Å². The number of ether oxygens (including phenoxy) is 1. The quantitative estimate of drug-likeness (QED) is 0.344. The summed E-state index contributed by atoms with van der Waals surface area (Å²) >= 11 is 0. The van der Waals surface area contributed by atoms with Gasteiger partial charge in [-0.2, -0.15) is 4.98 Å². The average Bonchev–Trinajstić information content (AvgIpc) is 3.67. The number of rotatable bonds is 4. The molecule has 1 aromatic heterocycles. The van der Waals surface area contributed by atoms with Gasteiger partial charge in [-0.1, -0.05) is 58.0 Å². The molecule has 1 N–H and O–H groups in total. The van der Waals surface area contributed by atoms with Crippen molar-refractivity contribution in [3.05, 3.63) is 64.7 Å². The third-order valence-electron chi connectivity index (χ3n) is 9.49. The fourth-order valence-corrected chi connectivity index (χ4v) is 8.49. The smallest absolute Gasteiger partial charge is 0.264 e. The molecule has 0 radical (unpaired) electrons. The van der Waals surface area contributed by atoms with Crippen molar-refractivity contribution in [2.75, 3.05) is 11.3 Å². The topological polar surface area (TPSA) is 81.2 Å². The largest absolute Gasteiger partial charge is 0.477 e. The Morgan fingerprint density at radius 1 is 1.02 bits per heavy atom. The molecular formula is C34H43N3O3S. The lowest BCUT2D eigenvalue weighted by atomic mass is 9.60. The van der Waals surface area contributed by atoms with E-state index in [0.717, 1.165) is 39.9 Å². The Balaban J connectivity index is 1.52. The molecule has 3 aromatic rings. The summed E-state index contributed by atoms with van der Waals surface area (Å²) in [6.45, 7) is 13.6. The van der Waals surface area contributed by atoms with Gasteiger partial charge in [0, 0.05) is 17.0 Å². The van der Waals surface area contributed by atoms with Crippen molar-refractivity contribution in [3.8, 4) is 17.1 Å². The highest BCUT2D eigenvalue weighted by Crippen LogP contribution is 2.67. The summed E-state index contributed by atoms with van der Waals surface area (Å²) < 4.78 is 37.0. The van der Waals surface area contributed by atoms with E-state index < -0.39 is 10.0 Å². The van der Waals surface area contributed by atoms with Crippen molar-refractivity contribution in [2.45, 2.75) is 90.9 Å². The predicted molar refractivity (Wildman–Crippen MR) is 164 cm³/mol. The van der Waals surface area contributed by atoms with Crippen molar-refractivity contribution in [1.29, 1.82) is 0 Å². The normalized spacial score (nSPS) is 23.0. The molecule has 0 amide bonds. The van der Waals surface area contributed by atoms with E-state index in [1.807, 2.05) is 18.2 Å². The maximum atomic E-state index is 13.8. The molecule has 2 heterocycles. The Kier molecular flexibility index (Phi) is 6.95. The number of benzene rings is 2. The zero-order valence-corrected chi connectivity index (χ0v) is 26.1. The second-order valence-corrected chi connectivity index (χ2v) is 15.7. The minimum absolute atomic E-state index is 0.0411. The summed E-state index contributed by atoms with van der Waals surface area (Å²) in [7, 11) is -3.92. The third kappa shape index (κ3) is 5.50. The van der Waals surface area contributed by atoms with Crippen molar-refractivity contribution in [2.24, 2.45) is 22.7 Å². The van der Waals surface area contributed by atoms with E-state index in [9.17, 15) is 8.42 Å². The van der Waals surface area contributed by atoms with Gasteiger partial charge in [0.2, 0.25) is 11.8 Å². The first kappa shape index (κ1) is 28.2. The second kappa shape index (κ2) is 10.1. The number of aromatic nitrogens is 2. The standard InChI is InChI=1S/C34H43N3O3S/c1-7-27-30(28-21(2)10-8-11-22(28)3)35-32-36-31(27)40-20-25(17-33(4,5)6)29(24-18-34(19-24)14-15-34)23-12-9-13-26(16-23)41(38,39)37-32/h8-13,16,24-25,29H,7,14-15,17-20H2,1-6H3,(H,35,36,37). The molecule has 2 aromatic carbocycles. The first-order chi connectivity index (χ1) is 19.4. The summed E-state index contributed by atoms with van der Waals surface area (Å²) in [5, 5.41) is 0. The number of nitrogens with zero attached hydrogens (tertiary/aromatic N) is 2. The van der Waals surface area contributed by atoms with E-state index in [4.69, 9.17) is 14.7 Å². The Bertz CT molecular complexity index is 1560. The van der Waals surface area contributed by atoms with Gasteiger partial charge in [-0.3, -0.25) is 0 Å². The second-order valence-electron chi connectivity index (χ2n) is 14.0. The zero-order chi connectivity index (χ0) is 29.2. The highest BCUT2D eigenvalue weighted by Gasteiger charge is 2.56. The van der Waals surface area contributed by atoms with Crippen LogP contribution in [0.3, 0.4) is 0 Å². The summed E-state index contributed by atoms with van der Waals surface area (Å²) in [4.78, 5) is 9.78. The van der Waals surface area contributed by atoms with Gasteiger partial charge < -0.3 is 4.74 Å². The van der Waals surface area contributed by atoms with E-state index in [1.165, 1.54) is 25.7 Å². The van der Waals surface area contributed by atoms with Crippen LogP contribution in [0.25, 0.3) is 11.3 Å². The van der Waals surface area contributed by atoms with Crippen molar-refractivity contribution in [3.63, 3.8) is 0 Å². The summed E-state index contributed by atoms with van der Waals surface area (Å²) in [5.74, 6) is 1.48. The van der Waals surface area contributed by atoms with E-state index in [-0.39, 0.29) is 28.1 Å². The Morgan fingerprint density at radius 3 is 2.34 bits per heavy atom. The SMILES string of the molecule is CCc1c2nc(nc1-c1c(C)cccc1C)NS(=O)(=O)c1cccc(c1)C(C1CC3(CC3)C1)C(CC(C)(C)C)CO2. The lowest BCUT2D eigenvalue weighted by Crippen LogP contribution is -2.37. The number of hydrogen-bond donors (Lipinski definition) is 1. The van der Waals surface area contributed by atoms with Crippen LogP contribution in [0.4, 0.5) is 5.95 Å². The molecule has 1 aliphatic heterocycles. The first-order valence-corrected chi connectivity index (χ1v) is 16.6. The molecule has 7 heteroatoms. The molecule has 6 rings (SSSR count). The van der Waals surface area contributed by atoms with Crippen LogP contribution in [0.15, 0.2) is 47.4 Å². The predicted octanol–water partition coefficient (Wildman–Crippen LogP) is 7.84. The van der Waals surface area contributed by atoms with Crippen molar-refractivity contribution >= 4 is 16.0 Å². The molecule has 4 bridgehead atoms. The minimum Gasteiger partial charge on any atom is -0.477 e. The molecule has 41 heavy (non-hydrogen) atoms. The van der Waals surface area contributed by atoms with Crippen LogP contribution < -0.4 is 9.46 Å². The molecule has 6 nitrogen and oxygen atoms in total. The molecule has 1 spiro atoms. The van der Waals surface area contributed by atoms with Gasteiger partial charge in [-0.05, 0) is 104 Å². The fraction of sp³-hybridized carbons (Fsp3) is 0.529. The Hall–Kier alpha value is -2.93. The lowest BCUT2D eigenvalue weighted by molar-refractivity contribution is 0.0713. The van der Waals surface area contributed by atoms with Gasteiger partial charge in [-0.15, -0.1) is 0 Å². The van der Waals surface area contributed by atoms with Crippen LogP contribution in [0.5, 0.6) is 5.88 Å². The van der Waals surface area contributed by atoms with Gasteiger partial charge in [0.1, 0.15) is 0 Å². The van der Waals surface area contributed by atoms with Gasteiger partial charge in [-0.25, -0.2) is 18.1 Å². The van der Waals surface area contributed by atoms with E-state index >= 15 is 0 Å². The van der Waals surface area contributed by atoms with Crippen LogP contribution in [0, 0.1) is 36.5 Å². The molecule has 3 aliphatic rings. The van der Waals surface area contributed by atoms with Crippen LogP contribution in [-0.2, 0) is 16.4 Å². The number of sulfonamides is 1. The van der Waals surface area contributed by atoms with E-state index in [2.05, 4.69) is 64.5 Å². The van der Waals surface area contributed by atoms with Crippen molar-refractivity contribution < 1.29 is 13.2 Å². The van der Waals surface area contributed by atoms with E-state index in [0.29, 0.717) is 30.2 Å². The van der Waals surface area contributed by atoms with Gasteiger partial charge in [0.05, 0.1) is 17.2 Å². The van der Waals surface area contributed by atoms with Gasteiger partial charge in [0.15, 0.2) is 0 Å². The first-order valence-electron chi connectivity index (χ1n) is 15.1. The minimum atomic E-state index is -3.92. The summed E-state index contributed by atoms with van der Waals surface area (Å²) in [5.41, 5.74) is 6.53. The number of anilines is 1. The van der Waals surface area contributed by atoms with Gasteiger partial charge >= 0.3 is 0 Å². The molecule has 2 fully saturated rings. The van der Waals surface area contributed by atoms with Crippen LogP contribution >= 0.6 is 0 Å². The van der Waals surface area contributed by atoms with E-state index in [1.54, 1.807) is 6.07 Å².